The van der Waals surface area contributed by atoms with Gasteiger partial charge in [0.2, 0.25) is 5.91 Å². The van der Waals surface area contributed by atoms with Crippen molar-refractivity contribution in [3.8, 4) is 0 Å². The van der Waals surface area contributed by atoms with Gasteiger partial charge >= 0.3 is 0 Å². The Hall–Kier alpha value is -2.20. The van der Waals surface area contributed by atoms with Crippen molar-refractivity contribution in [1.82, 2.24) is 4.98 Å². The number of nitrogens with one attached hydrogen (secondary N) is 1. The van der Waals surface area contributed by atoms with Gasteiger partial charge < -0.3 is 10.4 Å². The number of hydrogen-bond acceptors (Lipinski definition) is 3. The normalized spacial score (nSPS) is 10.2. The summed E-state index contributed by atoms with van der Waals surface area (Å²) in [5, 5.41) is 11.8. The van der Waals surface area contributed by atoms with E-state index in [1.807, 2.05) is 19.1 Å². The minimum absolute atomic E-state index is 0.0386. The van der Waals surface area contributed by atoms with Crippen molar-refractivity contribution in [3.63, 3.8) is 0 Å². The molecule has 0 atom stereocenters. The molecule has 1 amide bonds. The van der Waals surface area contributed by atoms with Crippen LogP contribution in [0.15, 0.2) is 42.6 Å². The van der Waals surface area contributed by atoms with Crippen molar-refractivity contribution >= 4 is 11.6 Å². The molecule has 0 radical (unpaired) electrons. The van der Waals surface area contributed by atoms with E-state index in [0.29, 0.717) is 5.69 Å². The highest BCUT2D eigenvalue weighted by Crippen LogP contribution is 2.11. The predicted molar refractivity (Wildman–Crippen MR) is 73.7 cm³/mol. The smallest absolute Gasteiger partial charge is 0.230 e. The third kappa shape index (κ3) is 3.63. The zero-order valence-corrected chi connectivity index (χ0v) is 10.8. The number of aliphatic hydroxyl groups excluding tert-OH is 1. The Morgan fingerprint density at radius 1 is 1.32 bits per heavy atom. The van der Waals surface area contributed by atoms with Gasteiger partial charge in [0.05, 0.1) is 18.7 Å². The first-order valence-corrected chi connectivity index (χ1v) is 6.09. The fourth-order valence-electron chi connectivity index (χ4n) is 1.81. The van der Waals surface area contributed by atoms with Gasteiger partial charge in [-0.15, -0.1) is 0 Å². The van der Waals surface area contributed by atoms with E-state index in [-0.39, 0.29) is 18.9 Å². The van der Waals surface area contributed by atoms with Crippen LogP contribution in [0.25, 0.3) is 0 Å². The number of pyridine rings is 1. The Morgan fingerprint density at radius 3 is 2.89 bits per heavy atom. The summed E-state index contributed by atoms with van der Waals surface area (Å²) >= 11 is 0. The summed E-state index contributed by atoms with van der Waals surface area (Å²) in [4.78, 5) is 16.1. The molecule has 0 spiro atoms. The fourth-order valence-corrected chi connectivity index (χ4v) is 1.81. The molecular formula is C15H16N2O2. The van der Waals surface area contributed by atoms with Crippen LogP contribution in [0.5, 0.6) is 0 Å². The molecule has 2 aromatic rings. The number of rotatable bonds is 4. The first-order chi connectivity index (χ1) is 9.19. The zero-order valence-electron chi connectivity index (χ0n) is 10.8. The van der Waals surface area contributed by atoms with Crippen molar-refractivity contribution < 1.29 is 9.90 Å². The number of benzene rings is 1. The topological polar surface area (TPSA) is 62.2 Å². The van der Waals surface area contributed by atoms with Crippen LogP contribution in [-0.4, -0.2) is 16.0 Å². The summed E-state index contributed by atoms with van der Waals surface area (Å²) < 4.78 is 0. The molecule has 19 heavy (non-hydrogen) atoms. The lowest BCUT2D eigenvalue weighted by Crippen LogP contribution is -2.16. The number of aromatic nitrogens is 1. The lowest BCUT2D eigenvalue weighted by molar-refractivity contribution is -0.115. The molecule has 1 aromatic heterocycles. The summed E-state index contributed by atoms with van der Waals surface area (Å²) in [6, 6.07) is 10.9. The highest BCUT2D eigenvalue weighted by Gasteiger charge is 2.07. The maximum absolute atomic E-state index is 11.9. The minimum Gasteiger partial charge on any atom is -0.392 e. The standard InChI is InChI=1S/C15H16N2O2/c1-11-4-3-7-16-14(11)9-15(19)17-13-6-2-5-12(8-13)10-18/h2-8,18H,9-10H2,1H3,(H,17,19). The van der Waals surface area contributed by atoms with E-state index in [0.717, 1.165) is 16.8 Å². The Bertz CT molecular complexity index is 582. The molecule has 2 rings (SSSR count). The molecule has 0 aliphatic heterocycles. The number of amides is 1. The minimum atomic E-state index is -0.114. The van der Waals surface area contributed by atoms with E-state index < -0.39 is 0 Å². The summed E-state index contributed by atoms with van der Waals surface area (Å²) in [6.45, 7) is 1.89. The number of aryl methyl sites for hydroxylation is 1. The first kappa shape index (κ1) is 13.2. The van der Waals surface area contributed by atoms with Gasteiger partial charge in [-0.2, -0.15) is 0 Å². The van der Waals surface area contributed by atoms with Gasteiger partial charge in [0.15, 0.2) is 0 Å². The quantitative estimate of drug-likeness (QED) is 0.880. The maximum Gasteiger partial charge on any atom is 0.230 e. The number of hydrogen-bond donors (Lipinski definition) is 2. The molecule has 98 valence electrons. The van der Waals surface area contributed by atoms with Gasteiger partial charge in [-0.05, 0) is 36.2 Å². The van der Waals surface area contributed by atoms with Crippen molar-refractivity contribution in [2.45, 2.75) is 20.0 Å². The third-order valence-electron chi connectivity index (χ3n) is 2.84. The summed E-state index contributed by atoms with van der Waals surface area (Å²) in [5.74, 6) is -0.114. The van der Waals surface area contributed by atoms with E-state index in [4.69, 9.17) is 5.11 Å². The van der Waals surface area contributed by atoms with Gasteiger partial charge in [0, 0.05) is 11.9 Å². The summed E-state index contributed by atoms with van der Waals surface area (Å²) in [7, 11) is 0. The molecule has 0 aliphatic rings. The molecular weight excluding hydrogens is 240 g/mol. The molecule has 4 nitrogen and oxygen atoms in total. The molecule has 2 N–H and O–H groups in total. The Balaban J connectivity index is 2.03. The highest BCUT2D eigenvalue weighted by atomic mass is 16.3. The number of carbonyl (C=O) groups excluding carboxylic acids is 1. The van der Waals surface area contributed by atoms with E-state index in [9.17, 15) is 4.79 Å². The lowest BCUT2D eigenvalue weighted by atomic mass is 10.1. The van der Waals surface area contributed by atoms with Crippen LogP contribution in [0.1, 0.15) is 16.8 Å². The average Bonchev–Trinajstić information content (AvgIpc) is 2.41. The predicted octanol–water partition coefficient (Wildman–Crippen LogP) is 2.06. The van der Waals surface area contributed by atoms with Crippen molar-refractivity contribution in [2.75, 3.05) is 5.32 Å². The maximum atomic E-state index is 11.9. The summed E-state index contributed by atoms with van der Waals surface area (Å²) in [6.07, 6.45) is 1.93. The number of anilines is 1. The largest absolute Gasteiger partial charge is 0.392 e. The van der Waals surface area contributed by atoms with Gasteiger partial charge in [-0.1, -0.05) is 18.2 Å². The second kappa shape index (κ2) is 6.11. The molecule has 1 aromatic carbocycles. The van der Waals surface area contributed by atoms with Gasteiger partial charge in [0.1, 0.15) is 0 Å². The van der Waals surface area contributed by atoms with Crippen molar-refractivity contribution in [1.29, 1.82) is 0 Å². The lowest BCUT2D eigenvalue weighted by Gasteiger charge is -2.07. The van der Waals surface area contributed by atoms with E-state index in [2.05, 4.69) is 10.3 Å². The van der Waals surface area contributed by atoms with Gasteiger partial charge in [-0.3, -0.25) is 9.78 Å². The number of carbonyl (C=O) groups is 1. The Labute approximate surface area is 112 Å². The van der Waals surface area contributed by atoms with Crippen LogP contribution < -0.4 is 5.32 Å². The third-order valence-corrected chi connectivity index (χ3v) is 2.84. The highest BCUT2D eigenvalue weighted by molar-refractivity contribution is 5.92. The van der Waals surface area contributed by atoms with Crippen LogP contribution in [0.3, 0.4) is 0 Å². The number of aliphatic hydroxyl groups is 1. The van der Waals surface area contributed by atoms with Crippen molar-refractivity contribution in [3.05, 3.63) is 59.4 Å². The molecule has 0 saturated carbocycles. The van der Waals surface area contributed by atoms with Gasteiger partial charge in [0.25, 0.3) is 0 Å². The first-order valence-electron chi connectivity index (χ1n) is 6.09. The number of nitrogens with zero attached hydrogens (tertiary/aromatic N) is 1. The van der Waals surface area contributed by atoms with Crippen LogP contribution in [0.4, 0.5) is 5.69 Å². The second-order valence-corrected chi connectivity index (χ2v) is 4.35. The molecule has 0 aliphatic carbocycles. The van der Waals surface area contributed by atoms with E-state index in [1.54, 1.807) is 30.5 Å². The van der Waals surface area contributed by atoms with Crippen LogP contribution in [-0.2, 0) is 17.8 Å². The molecule has 0 fully saturated rings. The SMILES string of the molecule is Cc1cccnc1CC(=O)Nc1cccc(CO)c1. The summed E-state index contributed by atoms with van der Waals surface area (Å²) in [5.41, 5.74) is 3.23. The second-order valence-electron chi connectivity index (χ2n) is 4.35. The van der Waals surface area contributed by atoms with E-state index in [1.165, 1.54) is 0 Å². The Morgan fingerprint density at radius 2 is 2.16 bits per heavy atom. The average molecular weight is 256 g/mol. The molecule has 0 saturated heterocycles. The van der Waals surface area contributed by atoms with Crippen molar-refractivity contribution in [2.24, 2.45) is 0 Å². The van der Waals surface area contributed by atoms with Crippen LogP contribution >= 0.6 is 0 Å². The monoisotopic (exact) mass is 256 g/mol. The Kier molecular flexibility index (Phi) is 4.26. The molecule has 0 unspecified atom stereocenters. The van der Waals surface area contributed by atoms with Gasteiger partial charge in [-0.25, -0.2) is 0 Å². The molecule has 4 heteroatoms. The van der Waals surface area contributed by atoms with Crippen LogP contribution in [0, 0.1) is 6.92 Å². The van der Waals surface area contributed by atoms with E-state index >= 15 is 0 Å². The zero-order chi connectivity index (χ0) is 13.7. The molecule has 1 heterocycles. The van der Waals surface area contributed by atoms with Crippen LogP contribution in [0.2, 0.25) is 0 Å². The molecule has 0 bridgehead atoms. The fraction of sp³-hybridized carbons (Fsp3) is 0.200.